The summed E-state index contributed by atoms with van der Waals surface area (Å²) in [6.07, 6.45) is 1.81. The van der Waals surface area contributed by atoms with Crippen molar-refractivity contribution >= 4 is 17.7 Å². The van der Waals surface area contributed by atoms with Crippen LogP contribution >= 0.6 is 11.8 Å². The molecule has 1 heterocycles. The minimum atomic E-state index is 0.120. The van der Waals surface area contributed by atoms with Crippen LogP contribution in [-0.4, -0.2) is 44.4 Å². The number of carbonyl (C=O) groups excluding carboxylic acids is 1. The summed E-state index contributed by atoms with van der Waals surface area (Å²) in [5.41, 5.74) is 1.00. The molecule has 0 aliphatic carbocycles. The Morgan fingerprint density at radius 2 is 1.96 bits per heavy atom. The van der Waals surface area contributed by atoms with E-state index in [0.717, 1.165) is 29.6 Å². The summed E-state index contributed by atoms with van der Waals surface area (Å²) in [6.45, 7) is 9.84. The Hall–Kier alpha value is -2.08. The molecule has 23 heavy (non-hydrogen) atoms. The third-order valence-corrected chi connectivity index (χ3v) is 4.45. The number of hydrogen-bond donors (Lipinski definition) is 0. The molecule has 0 bridgehead atoms. The molecule has 0 saturated heterocycles. The zero-order chi connectivity index (χ0) is 16.7. The van der Waals surface area contributed by atoms with Crippen LogP contribution in [0.2, 0.25) is 0 Å². The molecule has 5 nitrogen and oxygen atoms in total. The van der Waals surface area contributed by atoms with Crippen molar-refractivity contribution in [3.63, 3.8) is 0 Å². The van der Waals surface area contributed by atoms with E-state index in [1.807, 2.05) is 59.7 Å². The van der Waals surface area contributed by atoms with Gasteiger partial charge < -0.3 is 4.90 Å². The van der Waals surface area contributed by atoms with Crippen LogP contribution in [0.1, 0.15) is 13.8 Å². The second kappa shape index (κ2) is 8.53. The quantitative estimate of drug-likeness (QED) is 0.551. The Balaban J connectivity index is 2.18. The molecule has 0 saturated carbocycles. The summed E-state index contributed by atoms with van der Waals surface area (Å²) >= 11 is 1.42. The first-order chi connectivity index (χ1) is 11.2. The van der Waals surface area contributed by atoms with Gasteiger partial charge in [0.1, 0.15) is 0 Å². The Kier molecular flexibility index (Phi) is 6.40. The molecular weight excluding hydrogens is 308 g/mol. The number of carbonyl (C=O) groups is 1. The standard InChI is InChI=1S/C17H22N4OS/c1-4-12-21-16(14-10-8-7-9-11-14)18-19-17(21)23-13-15(22)20(5-2)6-3/h4,7-11H,1,5-6,12-13H2,2-3H3. The summed E-state index contributed by atoms with van der Waals surface area (Å²) in [7, 11) is 0. The number of benzene rings is 1. The van der Waals surface area contributed by atoms with Crippen LogP contribution in [0.15, 0.2) is 48.1 Å². The predicted molar refractivity (Wildman–Crippen MR) is 94.3 cm³/mol. The molecule has 0 unspecified atom stereocenters. The number of amides is 1. The number of rotatable bonds is 8. The van der Waals surface area contributed by atoms with Gasteiger partial charge in [0, 0.05) is 25.2 Å². The van der Waals surface area contributed by atoms with Gasteiger partial charge in [0.2, 0.25) is 5.91 Å². The predicted octanol–water partition coefficient (Wildman–Crippen LogP) is 3.09. The smallest absolute Gasteiger partial charge is 0.233 e. The number of allylic oxidation sites excluding steroid dienone is 1. The van der Waals surface area contributed by atoms with Crippen LogP contribution in [0.5, 0.6) is 0 Å². The Morgan fingerprint density at radius 3 is 2.57 bits per heavy atom. The molecule has 1 aromatic carbocycles. The lowest BCUT2D eigenvalue weighted by Gasteiger charge is -2.18. The number of nitrogens with zero attached hydrogens (tertiary/aromatic N) is 4. The molecule has 0 N–H and O–H groups in total. The highest BCUT2D eigenvalue weighted by atomic mass is 32.2. The minimum Gasteiger partial charge on any atom is -0.343 e. The number of hydrogen-bond acceptors (Lipinski definition) is 4. The van der Waals surface area contributed by atoms with E-state index in [0.29, 0.717) is 12.3 Å². The zero-order valence-corrected chi connectivity index (χ0v) is 14.4. The molecule has 0 fully saturated rings. The average molecular weight is 330 g/mol. The molecule has 122 valence electrons. The molecule has 1 aromatic heterocycles. The first kappa shape index (κ1) is 17.3. The van der Waals surface area contributed by atoms with Gasteiger partial charge in [-0.15, -0.1) is 16.8 Å². The van der Waals surface area contributed by atoms with Crippen molar-refractivity contribution < 1.29 is 4.79 Å². The van der Waals surface area contributed by atoms with Gasteiger partial charge in [-0.3, -0.25) is 9.36 Å². The fourth-order valence-corrected chi connectivity index (χ4v) is 3.13. The highest BCUT2D eigenvalue weighted by Crippen LogP contribution is 2.24. The van der Waals surface area contributed by atoms with Crippen molar-refractivity contribution in [1.29, 1.82) is 0 Å². The highest BCUT2D eigenvalue weighted by molar-refractivity contribution is 7.99. The molecule has 0 aliphatic rings. The van der Waals surface area contributed by atoms with Crippen molar-refractivity contribution in [2.75, 3.05) is 18.8 Å². The zero-order valence-electron chi connectivity index (χ0n) is 13.6. The highest BCUT2D eigenvalue weighted by Gasteiger charge is 2.16. The van der Waals surface area contributed by atoms with Crippen LogP contribution in [-0.2, 0) is 11.3 Å². The van der Waals surface area contributed by atoms with E-state index in [-0.39, 0.29) is 5.91 Å². The van der Waals surface area contributed by atoms with Gasteiger partial charge >= 0.3 is 0 Å². The van der Waals surface area contributed by atoms with Crippen molar-refractivity contribution in [2.45, 2.75) is 25.5 Å². The van der Waals surface area contributed by atoms with Gasteiger partial charge in [-0.1, -0.05) is 48.2 Å². The van der Waals surface area contributed by atoms with E-state index in [1.54, 1.807) is 0 Å². The molecule has 2 aromatic rings. The molecule has 2 rings (SSSR count). The van der Waals surface area contributed by atoms with Crippen LogP contribution in [0, 0.1) is 0 Å². The van der Waals surface area contributed by atoms with E-state index in [4.69, 9.17) is 0 Å². The maximum Gasteiger partial charge on any atom is 0.233 e. The van der Waals surface area contributed by atoms with Crippen LogP contribution in [0.25, 0.3) is 11.4 Å². The van der Waals surface area contributed by atoms with E-state index in [1.165, 1.54) is 11.8 Å². The topological polar surface area (TPSA) is 51.0 Å². The molecule has 0 radical (unpaired) electrons. The van der Waals surface area contributed by atoms with E-state index >= 15 is 0 Å². The van der Waals surface area contributed by atoms with E-state index in [2.05, 4.69) is 16.8 Å². The fourth-order valence-electron chi connectivity index (χ4n) is 2.28. The van der Waals surface area contributed by atoms with E-state index in [9.17, 15) is 4.79 Å². The summed E-state index contributed by atoms with van der Waals surface area (Å²) < 4.78 is 1.99. The number of aromatic nitrogens is 3. The van der Waals surface area contributed by atoms with Crippen LogP contribution in [0.4, 0.5) is 0 Å². The summed E-state index contributed by atoms with van der Waals surface area (Å²) in [4.78, 5) is 14.0. The normalized spacial score (nSPS) is 10.5. The van der Waals surface area contributed by atoms with Gasteiger partial charge in [-0.05, 0) is 13.8 Å². The second-order valence-electron chi connectivity index (χ2n) is 4.93. The monoisotopic (exact) mass is 330 g/mol. The summed E-state index contributed by atoms with van der Waals surface area (Å²) in [5, 5.41) is 9.28. The minimum absolute atomic E-state index is 0.120. The largest absolute Gasteiger partial charge is 0.343 e. The van der Waals surface area contributed by atoms with Gasteiger partial charge in [-0.25, -0.2) is 0 Å². The molecule has 0 aliphatic heterocycles. The van der Waals surface area contributed by atoms with E-state index < -0.39 is 0 Å². The van der Waals surface area contributed by atoms with Crippen molar-refractivity contribution in [2.24, 2.45) is 0 Å². The molecule has 6 heteroatoms. The summed E-state index contributed by atoms with van der Waals surface area (Å²) in [5.74, 6) is 1.28. The molecular formula is C17H22N4OS. The average Bonchev–Trinajstić information content (AvgIpc) is 2.98. The maximum atomic E-state index is 12.2. The van der Waals surface area contributed by atoms with Gasteiger partial charge in [0.05, 0.1) is 5.75 Å². The van der Waals surface area contributed by atoms with Gasteiger partial charge in [0.15, 0.2) is 11.0 Å². The van der Waals surface area contributed by atoms with Crippen molar-refractivity contribution in [3.05, 3.63) is 43.0 Å². The van der Waals surface area contributed by atoms with Crippen molar-refractivity contribution in [3.8, 4) is 11.4 Å². The lowest BCUT2D eigenvalue weighted by Crippen LogP contribution is -2.31. The number of thioether (sulfide) groups is 1. The first-order valence-corrected chi connectivity index (χ1v) is 8.69. The van der Waals surface area contributed by atoms with Crippen LogP contribution in [0.3, 0.4) is 0 Å². The Morgan fingerprint density at radius 1 is 1.26 bits per heavy atom. The maximum absolute atomic E-state index is 12.2. The third kappa shape index (κ3) is 4.22. The SMILES string of the molecule is C=CCn1c(SCC(=O)N(CC)CC)nnc1-c1ccccc1. The first-order valence-electron chi connectivity index (χ1n) is 7.71. The summed E-state index contributed by atoms with van der Waals surface area (Å²) in [6, 6.07) is 9.91. The molecule has 0 atom stereocenters. The van der Waals surface area contributed by atoms with Gasteiger partial charge in [0.25, 0.3) is 0 Å². The molecule has 1 amide bonds. The Bertz CT molecular complexity index is 650. The molecule has 0 spiro atoms. The lowest BCUT2D eigenvalue weighted by atomic mass is 10.2. The Labute approximate surface area is 141 Å². The second-order valence-corrected chi connectivity index (χ2v) is 5.87. The van der Waals surface area contributed by atoms with Gasteiger partial charge in [-0.2, -0.15) is 0 Å². The van der Waals surface area contributed by atoms with Crippen LogP contribution < -0.4 is 0 Å². The third-order valence-electron chi connectivity index (χ3n) is 3.50. The lowest BCUT2D eigenvalue weighted by molar-refractivity contribution is -0.127. The van der Waals surface area contributed by atoms with Crippen molar-refractivity contribution in [1.82, 2.24) is 19.7 Å². The fraction of sp³-hybridized carbons (Fsp3) is 0.353.